The summed E-state index contributed by atoms with van der Waals surface area (Å²) in [4.78, 5) is 22.2. The molecular weight excluding hydrogens is 410 g/mol. The van der Waals surface area contributed by atoms with E-state index in [0.717, 1.165) is 6.26 Å². The van der Waals surface area contributed by atoms with Gasteiger partial charge in [-0.3, -0.25) is 10.1 Å². The number of rotatable bonds is 7. The van der Waals surface area contributed by atoms with Gasteiger partial charge in [-0.1, -0.05) is 0 Å². The molecule has 30 heavy (non-hydrogen) atoms. The number of pyridine rings is 2. The maximum atomic E-state index is 11.3. The van der Waals surface area contributed by atoms with Gasteiger partial charge in [0.05, 0.1) is 28.0 Å². The van der Waals surface area contributed by atoms with E-state index >= 15 is 0 Å². The van der Waals surface area contributed by atoms with Gasteiger partial charge in [0.15, 0.2) is 5.82 Å². The van der Waals surface area contributed by atoms with Gasteiger partial charge in [0.2, 0.25) is 5.82 Å². The minimum absolute atomic E-state index is 0.0852. The fourth-order valence-corrected chi connectivity index (χ4v) is 3.50. The second kappa shape index (κ2) is 8.26. The molecule has 11 nitrogen and oxygen atoms in total. The van der Waals surface area contributed by atoms with Crippen LogP contribution in [0.1, 0.15) is 18.0 Å². The lowest BCUT2D eigenvalue weighted by Gasteiger charge is -2.06. The monoisotopic (exact) mass is 427 g/mol. The SMILES string of the molecule is [C-]#[N+]C(CCS(C)(=O)=O)c1ccc(-n2cc(-c3ccnc(N)c3[N+](=O)[O-])cn2)nc1. The average Bonchev–Trinajstić information content (AvgIpc) is 3.17. The third-order valence-electron chi connectivity index (χ3n) is 4.34. The number of nitrogens with zero attached hydrogens (tertiary/aromatic N) is 6. The molecule has 3 aromatic heterocycles. The van der Waals surface area contributed by atoms with Crippen molar-refractivity contribution in [3.8, 4) is 16.9 Å². The van der Waals surface area contributed by atoms with Gasteiger partial charge in [0.1, 0.15) is 9.84 Å². The number of aromatic nitrogens is 4. The molecule has 3 heterocycles. The molecule has 0 fully saturated rings. The molecule has 3 rings (SSSR count). The number of nitro groups is 1. The number of hydrogen-bond donors (Lipinski definition) is 1. The van der Waals surface area contributed by atoms with E-state index < -0.39 is 20.8 Å². The van der Waals surface area contributed by atoms with Crippen molar-refractivity contribution in [1.29, 1.82) is 0 Å². The number of hydrogen-bond acceptors (Lipinski definition) is 8. The quantitative estimate of drug-likeness (QED) is 0.342. The Kier molecular flexibility index (Phi) is 5.74. The molecule has 0 saturated carbocycles. The van der Waals surface area contributed by atoms with Crippen LogP contribution in [0.15, 0.2) is 43.0 Å². The lowest BCUT2D eigenvalue weighted by molar-refractivity contribution is -0.383. The predicted molar refractivity (Wildman–Crippen MR) is 109 cm³/mol. The van der Waals surface area contributed by atoms with E-state index in [2.05, 4.69) is 19.9 Å². The highest BCUT2D eigenvalue weighted by molar-refractivity contribution is 7.90. The fourth-order valence-electron chi connectivity index (χ4n) is 2.84. The van der Waals surface area contributed by atoms with Gasteiger partial charge in [-0.15, -0.1) is 0 Å². The van der Waals surface area contributed by atoms with Crippen LogP contribution in [0.25, 0.3) is 21.8 Å². The van der Waals surface area contributed by atoms with Gasteiger partial charge in [-0.25, -0.2) is 29.6 Å². The largest absolute Gasteiger partial charge is 0.378 e. The molecule has 1 atom stereocenters. The number of nitrogen functional groups attached to an aromatic ring is 1. The number of sulfone groups is 1. The molecule has 0 aromatic carbocycles. The van der Waals surface area contributed by atoms with E-state index in [1.54, 1.807) is 18.3 Å². The molecule has 0 aliphatic rings. The van der Waals surface area contributed by atoms with Crippen molar-refractivity contribution in [1.82, 2.24) is 19.7 Å². The second-order valence-electron chi connectivity index (χ2n) is 6.54. The maximum Gasteiger partial charge on any atom is 0.319 e. The summed E-state index contributed by atoms with van der Waals surface area (Å²) >= 11 is 0. The Bertz CT molecular complexity index is 1230. The Labute approximate surface area is 172 Å². The van der Waals surface area contributed by atoms with E-state index in [1.807, 2.05) is 0 Å². The molecule has 0 radical (unpaired) electrons. The smallest absolute Gasteiger partial charge is 0.319 e. The van der Waals surface area contributed by atoms with Crippen LogP contribution in [0, 0.1) is 16.7 Å². The van der Waals surface area contributed by atoms with Gasteiger partial charge < -0.3 is 10.6 Å². The van der Waals surface area contributed by atoms with Crippen molar-refractivity contribution in [2.24, 2.45) is 0 Å². The Hall–Kier alpha value is -3.85. The highest BCUT2D eigenvalue weighted by atomic mass is 32.2. The molecule has 0 spiro atoms. The Balaban J connectivity index is 1.86. The molecule has 0 aliphatic carbocycles. The topological polar surface area (TPSA) is 151 Å². The van der Waals surface area contributed by atoms with E-state index in [9.17, 15) is 18.5 Å². The van der Waals surface area contributed by atoms with Crippen molar-refractivity contribution >= 4 is 21.3 Å². The summed E-state index contributed by atoms with van der Waals surface area (Å²) in [5.74, 6) is 0.159. The summed E-state index contributed by atoms with van der Waals surface area (Å²) in [6, 6.07) is 4.19. The third-order valence-corrected chi connectivity index (χ3v) is 5.31. The summed E-state index contributed by atoms with van der Waals surface area (Å²) < 4.78 is 24.1. The molecule has 154 valence electrons. The first kappa shape index (κ1) is 20.9. The first-order valence-corrected chi connectivity index (χ1v) is 10.7. The molecule has 0 saturated heterocycles. The summed E-state index contributed by atoms with van der Waals surface area (Å²) in [5, 5.41) is 15.5. The minimum atomic E-state index is -3.16. The highest BCUT2D eigenvalue weighted by Gasteiger charge is 2.22. The Morgan fingerprint density at radius 3 is 2.67 bits per heavy atom. The molecular formula is C18H17N7O4S. The predicted octanol–water partition coefficient (Wildman–Crippen LogP) is 2.21. The van der Waals surface area contributed by atoms with Gasteiger partial charge in [-0.2, -0.15) is 5.10 Å². The molecule has 1 unspecified atom stereocenters. The minimum Gasteiger partial charge on any atom is -0.378 e. The van der Waals surface area contributed by atoms with Crippen molar-refractivity contribution < 1.29 is 13.3 Å². The lowest BCUT2D eigenvalue weighted by Crippen LogP contribution is -2.07. The average molecular weight is 427 g/mol. The van der Waals surface area contributed by atoms with Gasteiger partial charge in [0, 0.05) is 36.8 Å². The normalized spacial score (nSPS) is 12.3. The van der Waals surface area contributed by atoms with Crippen LogP contribution in [0.3, 0.4) is 0 Å². The zero-order valence-corrected chi connectivity index (χ0v) is 16.7. The van der Waals surface area contributed by atoms with Gasteiger partial charge >= 0.3 is 5.69 Å². The van der Waals surface area contributed by atoms with Crippen LogP contribution in [0.5, 0.6) is 0 Å². The standard InChI is InChI=1S/C18H17N7O4S/c1-20-15(6-8-30(2,28)29)12-3-4-16(22-9-12)24-11-13(10-23-24)14-5-7-21-18(19)17(14)25(26)27/h3-5,7,9-11,15H,6,8H2,2H3,(H2,19,21). The van der Waals surface area contributed by atoms with Gasteiger partial charge in [-0.05, 0) is 18.2 Å². The number of nitrogens with two attached hydrogens (primary N) is 1. The summed E-state index contributed by atoms with van der Waals surface area (Å²) in [6.45, 7) is 7.31. The van der Waals surface area contributed by atoms with E-state index in [4.69, 9.17) is 12.3 Å². The molecule has 0 amide bonds. The first-order chi connectivity index (χ1) is 14.2. The van der Waals surface area contributed by atoms with E-state index in [0.29, 0.717) is 16.9 Å². The maximum absolute atomic E-state index is 11.3. The lowest BCUT2D eigenvalue weighted by atomic mass is 10.1. The van der Waals surface area contributed by atoms with Crippen molar-refractivity contribution in [2.45, 2.75) is 12.5 Å². The third kappa shape index (κ3) is 4.58. The van der Waals surface area contributed by atoms with Crippen molar-refractivity contribution in [2.75, 3.05) is 17.7 Å². The summed E-state index contributed by atoms with van der Waals surface area (Å²) in [6.07, 6.45) is 7.20. The molecule has 0 bridgehead atoms. The number of anilines is 1. The van der Waals surface area contributed by atoms with E-state index in [-0.39, 0.29) is 29.2 Å². The highest BCUT2D eigenvalue weighted by Crippen LogP contribution is 2.33. The van der Waals surface area contributed by atoms with Crippen LogP contribution in [-0.2, 0) is 9.84 Å². The first-order valence-electron chi connectivity index (χ1n) is 8.64. The summed E-state index contributed by atoms with van der Waals surface area (Å²) in [5.41, 5.74) is 6.68. The van der Waals surface area contributed by atoms with Crippen molar-refractivity contribution in [3.63, 3.8) is 0 Å². The molecule has 2 N–H and O–H groups in total. The zero-order valence-electron chi connectivity index (χ0n) is 15.8. The van der Waals surface area contributed by atoms with Crippen molar-refractivity contribution in [3.05, 3.63) is 70.1 Å². The Morgan fingerprint density at radius 2 is 2.07 bits per heavy atom. The van der Waals surface area contributed by atoms with Gasteiger partial charge in [0.25, 0.3) is 6.04 Å². The molecule has 0 aliphatic heterocycles. The second-order valence-corrected chi connectivity index (χ2v) is 8.80. The van der Waals surface area contributed by atoms with Crippen LogP contribution < -0.4 is 5.73 Å². The zero-order chi connectivity index (χ0) is 21.9. The molecule has 12 heteroatoms. The van der Waals surface area contributed by atoms with Crippen LogP contribution in [0.4, 0.5) is 11.5 Å². The fraction of sp³-hybridized carbons (Fsp3) is 0.222. The molecule has 3 aromatic rings. The summed E-state index contributed by atoms with van der Waals surface area (Å²) in [7, 11) is -3.16. The Morgan fingerprint density at radius 1 is 1.30 bits per heavy atom. The van der Waals surface area contributed by atoms with Crippen LogP contribution >= 0.6 is 0 Å². The van der Waals surface area contributed by atoms with Crippen LogP contribution in [0.2, 0.25) is 0 Å². The van der Waals surface area contributed by atoms with E-state index in [1.165, 1.54) is 29.3 Å². The van der Waals surface area contributed by atoms with Crippen LogP contribution in [-0.4, -0.2) is 45.1 Å².